The van der Waals surface area contributed by atoms with E-state index in [2.05, 4.69) is 16.0 Å². The van der Waals surface area contributed by atoms with Crippen molar-refractivity contribution in [1.29, 1.82) is 0 Å². The summed E-state index contributed by atoms with van der Waals surface area (Å²) in [7, 11) is 0. The van der Waals surface area contributed by atoms with Crippen LogP contribution < -0.4 is 16.0 Å². The molecule has 1 fully saturated rings. The summed E-state index contributed by atoms with van der Waals surface area (Å²) in [5.74, 6) is -4.06. The van der Waals surface area contributed by atoms with Crippen molar-refractivity contribution in [2.75, 3.05) is 31.5 Å². The molecule has 2 aromatic rings. The summed E-state index contributed by atoms with van der Waals surface area (Å²) in [6.07, 6.45) is 0. The molecule has 2 amide bonds. The number of amides is 2. The zero-order valence-electron chi connectivity index (χ0n) is 19.6. The van der Waals surface area contributed by atoms with Crippen LogP contribution in [0, 0.1) is 24.4 Å². The fraction of sp³-hybridized carbons (Fsp3) is 0.417. The predicted octanol–water partition coefficient (Wildman–Crippen LogP) is 2.85. The van der Waals surface area contributed by atoms with Gasteiger partial charge in [-0.2, -0.15) is 0 Å². The fourth-order valence-corrected chi connectivity index (χ4v) is 3.64. The van der Waals surface area contributed by atoms with Crippen LogP contribution >= 0.6 is 0 Å². The first kappa shape index (κ1) is 25.5. The molecule has 4 N–H and O–H groups in total. The van der Waals surface area contributed by atoms with Gasteiger partial charge in [0.1, 0.15) is 11.4 Å². The molecular weight excluding hydrogens is 449 g/mol. The summed E-state index contributed by atoms with van der Waals surface area (Å²) in [4.78, 5) is 26.4. The molecule has 0 atom stereocenters. The minimum absolute atomic E-state index is 0.0401. The number of β-amino-alcohol motifs (C(OH)–C–C–N with tert-alkyl or cyclic N) is 1. The van der Waals surface area contributed by atoms with Crippen molar-refractivity contribution < 1.29 is 27.9 Å². The van der Waals surface area contributed by atoms with E-state index in [1.54, 1.807) is 33.8 Å². The molecule has 0 spiro atoms. The van der Waals surface area contributed by atoms with Crippen LogP contribution in [0.15, 0.2) is 30.3 Å². The molecule has 10 heteroatoms. The SMILES string of the molecule is CCNC(=O)C(C)(C)NCC1(O)CN(C(=O)c2ccc(F)c(F)c2Nc2ccc(C)cc2F)C1. The van der Waals surface area contributed by atoms with Crippen molar-refractivity contribution in [3.63, 3.8) is 0 Å². The Balaban J connectivity index is 1.73. The molecule has 0 aliphatic carbocycles. The van der Waals surface area contributed by atoms with Crippen molar-refractivity contribution in [2.45, 2.75) is 38.8 Å². The minimum atomic E-state index is -1.31. The third kappa shape index (κ3) is 5.34. The highest BCUT2D eigenvalue weighted by atomic mass is 19.2. The second kappa shape index (κ2) is 9.63. The van der Waals surface area contributed by atoms with E-state index in [0.29, 0.717) is 12.1 Å². The number of rotatable bonds is 8. The van der Waals surface area contributed by atoms with E-state index in [4.69, 9.17) is 0 Å². The van der Waals surface area contributed by atoms with Crippen LogP contribution in [0.4, 0.5) is 24.5 Å². The summed E-state index contributed by atoms with van der Waals surface area (Å²) in [5.41, 5.74) is -2.39. The average Bonchev–Trinajstić information content (AvgIpc) is 2.75. The first-order chi connectivity index (χ1) is 15.9. The number of benzene rings is 2. The van der Waals surface area contributed by atoms with Crippen molar-refractivity contribution in [2.24, 2.45) is 0 Å². The molecule has 34 heavy (non-hydrogen) atoms. The Labute approximate surface area is 196 Å². The molecule has 0 bridgehead atoms. The molecule has 7 nitrogen and oxygen atoms in total. The Hall–Kier alpha value is -3.11. The first-order valence-corrected chi connectivity index (χ1v) is 10.9. The number of likely N-dealkylation sites (N-methyl/N-ethyl adjacent to an activating group) is 1. The summed E-state index contributed by atoms with van der Waals surface area (Å²) in [6, 6.07) is 6.12. The van der Waals surface area contributed by atoms with Crippen LogP contribution in [0.3, 0.4) is 0 Å². The highest BCUT2D eigenvalue weighted by Gasteiger charge is 2.45. The Morgan fingerprint density at radius 2 is 1.79 bits per heavy atom. The van der Waals surface area contributed by atoms with Crippen molar-refractivity contribution in [3.05, 3.63) is 58.9 Å². The van der Waals surface area contributed by atoms with Crippen LogP contribution in [0.1, 0.15) is 36.7 Å². The van der Waals surface area contributed by atoms with Gasteiger partial charge in [0.25, 0.3) is 5.91 Å². The summed E-state index contributed by atoms with van der Waals surface area (Å²) < 4.78 is 42.8. The van der Waals surface area contributed by atoms with Crippen LogP contribution in [-0.2, 0) is 4.79 Å². The van der Waals surface area contributed by atoms with Gasteiger partial charge in [0.15, 0.2) is 11.6 Å². The largest absolute Gasteiger partial charge is 0.385 e. The van der Waals surface area contributed by atoms with Gasteiger partial charge in [-0.1, -0.05) is 6.07 Å². The Morgan fingerprint density at radius 1 is 1.12 bits per heavy atom. The predicted molar refractivity (Wildman–Crippen MR) is 122 cm³/mol. The van der Waals surface area contributed by atoms with Gasteiger partial charge in [0.05, 0.1) is 35.6 Å². The number of hydrogen-bond acceptors (Lipinski definition) is 5. The third-order valence-corrected chi connectivity index (χ3v) is 5.73. The van der Waals surface area contributed by atoms with Gasteiger partial charge in [0.2, 0.25) is 5.91 Å². The highest BCUT2D eigenvalue weighted by Crippen LogP contribution is 2.31. The van der Waals surface area contributed by atoms with Gasteiger partial charge in [-0.15, -0.1) is 0 Å². The number of nitrogens with one attached hydrogen (secondary N) is 3. The molecule has 0 saturated carbocycles. The van der Waals surface area contributed by atoms with E-state index in [9.17, 15) is 27.9 Å². The quantitative estimate of drug-likeness (QED) is 0.468. The summed E-state index contributed by atoms with van der Waals surface area (Å²) in [5, 5.41) is 18.9. The summed E-state index contributed by atoms with van der Waals surface area (Å²) >= 11 is 0. The lowest BCUT2D eigenvalue weighted by molar-refractivity contribution is -0.127. The lowest BCUT2D eigenvalue weighted by Crippen LogP contribution is -2.69. The van der Waals surface area contributed by atoms with E-state index in [1.165, 1.54) is 17.0 Å². The monoisotopic (exact) mass is 478 g/mol. The molecule has 0 radical (unpaired) electrons. The van der Waals surface area contributed by atoms with E-state index in [1.807, 2.05) is 0 Å². The van der Waals surface area contributed by atoms with Gasteiger partial charge in [-0.25, -0.2) is 13.2 Å². The third-order valence-electron chi connectivity index (χ3n) is 5.73. The standard InChI is InChI=1S/C24H29F3N4O3/c1-5-28-22(33)23(3,4)29-11-24(34)12-31(13-24)21(32)15-7-8-16(25)19(27)20(15)30-18-9-6-14(2)10-17(18)26/h6-10,29-30,34H,5,11-13H2,1-4H3,(H,28,33). The lowest BCUT2D eigenvalue weighted by atomic mass is 9.91. The van der Waals surface area contributed by atoms with Gasteiger partial charge < -0.3 is 26.0 Å². The molecule has 1 heterocycles. The smallest absolute Gasteiger partial charge is 0.256 e. The van der Waals surface area contributed by atoms with Gasteiger partial charge in [-0.3, -0.25) is 9.59 Å². The minimum Gasteiger partial charge on any atom is -0.385 e. The Morgan fingerprint density at radius 3 is 2.41 bits per heavy atom. The second-order valence-corrected chi connectivity index (χ2v) is 9.12. The van der Waals surface area contributed by atoms with E-state index in [-0.39, 0.29) is 36.8 Å². The molecule has 1 saturated heterocycles. The highest BCUT2D eigenvalue weighted by molar-refractivity contribution is 6.01. The van der Waals surface area contributed by atoms with Crippen LogP contribution in [0.2, 0.25) is 0 Å². The number of nitrogens with zero attached hydrogens (tertiary/aromatic N) is 1. The number of carbonyl (C=O) groups is 2. The molecule has 1 aliphatic rings. The number of hydrogen-bond donors (Lipinski definition) is 4. The van der Waals surface area contributed by atoms with Crippen LogP contribution in [-0.4, -0.2) is 59.1 Å². The lowest BCUT2D eigenvalue weighted by Gasteiger charge is -2.47. The van der Waals surface area contributed by atoms with Gasteiger partial charge in [-0.05, 0) is 57.5 Å². The van der Waals surface area contributed by atoms with Crippen LogP contribution in [0.25, 0.3) is 0 Å². The number of anilines is 2. The van der Waals surface area contributed by atoms with E-state index < -0.39 is 40.2 Å². The van der Waals surface area contributed by atoms with Crippen LogP contribution in [0.5, 0.6) is 0 Å². The van der Waals surface area contributed by atoms with E-state index >= 15 is 0 Å². The number of aryl methyl sites for hydroxylation is 1. The molecule has 0 unspecified atom stereocenters. The van der Waals surface area contributed by atoms with Crippen molar-refractivity contribution in [3.8, 4) is 0 Å². The first-order valence-electron chi connectivity index (χ1n) is 10.9. The molecule has 1 aliphatic heterocycles. The molecule has 2 aromatic carbocycles. The maximum Gasteiger partial charge on any atom is 0.256 e. The number of aliphatic hydroxyl groups is 1. The molecule has 0 aromatic heterocycles. The Bertz CT molecular complexity index is 1100. The number of likely N-dealkylation sites (tertiary alicyclic amines) is 1. The summed E-state index contributed by atoms with van der Waals surface area (Å²) in [6.45, 7) is 7.17. The molecule has 184 valence electrons. The number of halogens is 3. The average molecular weight is 479 g/mol. The van der Waals surface area contributed by atoms with Crippen molar-refractivity contribution in [1.82, 2.24) is 15.5 Å². The van der Waals surface area contributed by atoms with Gasteiger partial charge in [0, 0.05) is 13.1 Å². The number of carbonyl (C=O) groups excluding carboxylic acids is 2. The molecular formula is C24H29F3N4O3. The zero-order chi connectivity index (χ0) is 25.3. The Kier molecular flexibility index (Phi) is 7.23. The van der Waals surface area contributed by atoms with Gasteiger partial charge >= 0.3 is 0 Å². The maximum atomic E-state index is 14.6. The zero-order valence-corrected chi connectivity index (χ0v) is 19.6. The molecule has 3 rings (SSSR count). The fourth-order valence-electron chi connectivity index (χ4n) is 3.64. The van der Waals surface area contributed by atoms with E-state index in [0.717, 1.165) is 12.1 Å². The second-order valence-electron chi connectivity index (χ2n) is 9.12. The topological polar surface area (TPSA) is 93.7 Å². The normalized spacial score (nSPS) is 15.0. The van der Waals surface area contributed by atoms with Crippen molar-refractivity contribution >= 4 is 23.2 Å². The maximum absolute atomic E-state index is 14.6.